The molecule has 0 saturated carbocycles. The summed E-state index contributed by atoms with van der Waals surface area (Å²) in [5, 5.41) is 3.38. The van der Waals surface area contributed by atoms with Gasteiger partial charge in [-0.3, -0.25) is 9.52 Å². The van der Waals surface area contributed by atoms with Crippen LogP contribution < -0.4 is 10.0 Å². The van der Waals surface area contributed by atoms with Crippen LogP contribution in [-0.4, -0.2) is 19.3 Å². The van der Waals surface area contributed by atoms with E-state index in [1.807, 2.05) is 6.92 Å². The third kappa shape index (κ3) is 4.14. The summed E-state index contributed by atoms with van der Waals surface area (Å²) < 4.78 is 28.4. The second kappa shape index (κ2) is 7.61. The SMILES string of the molecule is CCCC(=O)Nc1nc2cc(NS(=O)(=O)c3ccccc3Cl)ccc2s1. The van der Waals surface area contributed by atoms with Gasteiger partial charge in [-0.15, -0.1) is 0 Å². The van der Waals surface area contributed by atoms with Gasteiger partial charge in [0.25, 0.3) is 10.0 Å². The number of amides is 1. The number of nitrogens with zero attached hydrogens (tertiary/aromatic N) is 1. The lowest BCUT2D eigenvalue weighted by atomic mass is 10.3. The van der Waals surface area contributed by atoms with Crippen molar-refractivity contribution in [3.8, 4) is 0 Å². The second-order valence-electron chi connectivity index (χ2n) is 5.54. The lowest BCUT2D eigenvalue weighted by molar-refractivity contribution is -0.116. The van der Waals surface area contributed by atoms with Crippen molar-refractivity contribution < 1.29 is 13.2 Å². The zero-order valence-electron chi connectivity index (χ0n) is 13.8. The van der Waals surface area contributed by atoms with Crippen LogP contribution in [0.2, 0.25) is 5.02 Å². The molecule has 0 aliphatic rings. The summed E-state index contributed by atoms with van der Waals surface area (Å²) in [6, 6.07) is 11.2. The Morgan fingerprint density at radius 3 is 2.73 bits per heavy atom. The molecule has 0 fully saturated rings. The number of thiazole rings is 1. The average molecular weight is 410 g/mol. The van der Waals surface area contributed by atoms with E-state index >= 15 is 0 Å². The standard InChI is InChI=1S/C17H16ClN3O3S2/c1-2-5-16(22)20-17-19-13-10-11(8-9-14(13)25-17)21-26(23,24)15-7-4-3-6-12(15)18/h3-4,6-10,21H,2,5H2,1H3,(H,19,20,22). The molecule has 2 aromatic carbocycles. The molecule has 136 valence electrons. The van der Waals surface area contributed by atoms with Crippen LogP contribution in [-0.2, 0) is 14.8 Å². The number of benzene rings is 2. The maximum Gasteiger partial charge on any atom is 0.263 e. The van der Waals surface area contributed by atoms with Gasteiger partial charge in [-0.05, 0) is 36.8 Å². The van der Waals surface area contributed by atoms with Crippen LogP contribution in [0.1, 0.15) is 19.8 Å². The summed E-state index contributed by atoms with van der Waals surface area (Å²) >= 11 is 7.31. The Morgan fingerprint density at radius 1 is 1.23 bits per heavy atom. The maximum absolute atomic E-state index is 12.5. The number of carbonyl (C=O) groups is 1. The molecule has 3 aromatic rings. The number of aromatic nitrogens is 1. The van der Waals surface area contributed by atoms with Gasteiger partial charge in [-0.2, -0.15) is 0 Å². The van der Waals surface area contributed by atoms with E-state index in [2.05, 4.69) is 15.0 Å². The van der Waals surface area contributed by atoms with Gasteiger partial charge in [0.2, 0.25) is 5.91 Å². The van der Waals surface area contributed by atoms with Gasteiger partial charge in [0.1, 0.15) is 4.90 Å². The number of rotatable bonds is 6. The molecule has 0 bridgehead atoms. The van der Waals surface area contributed by atoms with E-state index in [0.717, 1.165) is 11.1 Å². The number of carbonyl (C=O) groups excluding carboxylic acids is 1. The van der Waals surface area contributed by atoms with Crippen LogP contribution in [0.4, 0.5) is 10.8 Å². The van der Waals surface area contributed by atoms with Crippen LogP contribution in [0.15, 0.2) is 47.4 Å². The molecule has 3 rings (SSSR count). The Labute approximate surface area is 160 Å². The van der Waals surface area contributed by atoms with Gasteiger partial charge >= 0.3 is 0 Å². The highest BCUT2D eigenvalue weighted by Crippen LogP contribution is 2.30. The first-order valence-electron chi connectivity index (χ1n) is 7.87. The predicted molar refractivity (Wildman–Crippen MR) is 105 cm³/mol. The van der Waals surface area contributed by atoms with Crippen molar-refractivity contribution in [2.75, 3.05) is 10.0 Å². The number of halogens is 1. The van der Waals surface area contributed by atoms with Crippen molar-refractivity contribution >= 4 is 59.9 Å². The van der Waals surface area contributed by atoms with Crippen LogP contribution in [0.5, 0.6) is 0 Å². The Hall–Kier alpha value is -2.16. The summed E-state index contributed by atoms with van der Waals surface area (Å²) in [6.45, 7) is 1.93. The number of sulfonamides is 1. The van der Waals surface area contributed by atoms with Crippen molar-refractivity contribution in [3.05, 3.63) is 47.5 Å². The summed E-state index contributed by atoms with van der Waals surface area (Å²) in [4.78, 5) is 16.0. The third-order valence-electron chi connectivity index (χ3n) is 3.49. The zero-order chi connectivity index (χ0) is 18.7. The third-order valence-corrected chi connectivity index (χ3v) is 6.32. The highest BCUT2D eigenvalue weighted by molar-refractivity contribution is 7.92. The average Bonchev–Trinajstić information content (AvgIpc) is 2.96. The molecule has 9 heteroatoms. The largest absolute Gasteiger partial charge is 0.302 e. The van der Waals surface area contributed by atoms with E-state index < -0.39 is 10.0 Å². The lowest BCUT2D eigenvalue weighted by Crippen LogP contribution is -2.13. The summed E-state index contributed by atoms with van der Waals surface area (Å²) in [7, 11) is -3.81. The van der Waals surface area contributed by atoms with Gasteiger partial charge in [-0.25, -0.2) is 13.4 Å². The van der Waals surface area contributed by atoms with E-state index in [1.54, 1.807) is 30.3 Å². The molecule has 6 nitrogen and oxygen atoms in total. The van der Waals surface area contributed by atoms with Gasteiger partial charge in [-0.1, -0.05) is 42.0 Å². The van der Waals surface area contributed by atoms with Crippen molar-refractivity contribution in [2.45, 2.75) is 24.7 Å². The maximum atomic E-state index is 12.5. The van der Waals surface area contributed by atoms with E-state index in [0.29, 0.717) is 22.8 Å². The van der Waals surface area contributed by atoms with Crippen molar-refractivity contribution in [3.63, 3.8) is 0 Å². The lowest BCUT2D eigenvalue weighted by Gasteiger charge is -2.09. The highest BCUT2D eigenvalue weighted by atomic mass is 35.5. The molecule has 1 aromatic heterocycles. The molecule has 1 heterocycles. The van der Waals surface area contributed by atoms with Gasteiger partial charge in [0.05, 0.1) is 20.9 Å². The summed E-state index contributed by atoms with van der Waals surface area (Å²) in [6.07, 6.45) is 1.18. The molecular formula is C17H16ClN3O3S2. The quantitative estimate of drug-likeness (QED) is 0.627. The van der Waals surface area contributed by atoms with E-state index in [4.69, 9.17) is 11.6 Å². The Balaban J connectivity index is 1.85. The van der Waals surface area contributed by atoms with Crippen LogP contribution in [0, 0.1) is 0 Å². The topological polar surface area (TPSA) is 88.2 Å². The Morgan fingerprint density at radius 2 is 2.00 bits per heavy atom. The molecule has 0 saturated heterocycles. The van der Waals surface area contributed by atoms with E-state index in [-0.39, 0.29) is 15.8 Å². The molecule has 0 unspecified atom stereocenters. The summed E-state index contributed by atoms with van der Waals surface area (Å²) in [5.74, 6) is -0.0915. The fourth-order valence-electron chi connectivity index (χ4n) is 2.33. The molecule has 0 aliphatic carbocycles. The second-order valence-corrected chi connectivity index (χ2v) is 8.62. The van der Waals surface area contributed by atoms with Crippen molar-refractivity contribution in [1.29, 1.82) is 0 Å². The van der Waals surface area contributed by atoms with E-state index in [9.17, 15) is 13.2 Å². The normalized spacial score (nSPS) is 11.5. The minimum absolute atomic E-state index is 0.00700. The zero-order valence-corrected chi connectivity index (χ0v) is 16.2. The minimum atomic E-state index is -3.81. The molecule has 26 heavy (non-hydrogen) atoms. The van der Waals surface area contributed by atoms with Crippen LogP contribution >= 0.6 is 22.9 Å². The van der Waals surface area contributed by atoms with Crippen LogP contribution in [0.3, 0.4) is 0 Å². The predicted octanol–water partition coefficient (Wildman–Crippen LogP) is 4.49. The molecule has 1 amide bonds. The van der Waals surface area contributed by atoms with Crippen molar-refractivity contribution in [2.24, 2.45) is 0 Å². The molecule has 2 N–H and O–H groups in total. The monoisotopic (exact) mass is 409 g/mol. The first-order chi connectivity index (χ1) is 12.4. The number of fused-ring (bicyclic) bond motifs is 1. The number of nitrogens with one attached hydrogen (secondary N) is 2. The Kier molecular flexibility index (Phi) is 5.45. The summed E-state index contributed by atoms with van der Waals surface area (Å²) in [5.41, 5.74) is 0.968. The Bertz CT molecular complexity index is 1060. The number of hydrogen-bond donors (Lipinski definition) is 2. The molecule has 0 atom stereocenters. The first-order valence-corrected chi connectivity index (χ1v) is 10.5. The smallest absolute Gasteiger partial charge is 0.263 e. The molecule has 0 aliphatic heterocycles. The fourth-order valence-corrected chi connectivity index (χ4v) is 4.76. The van der Waals surface area contributed by atoms with Gasteiger partial charge in [0.15, 0.2) is 5.13 Å². The highest BCUT2D eigenvalue weighted by Gasteiger charge is 2.18. The van der Waals surface area contributed by atoms with Gasteiger partial charge in [0, 0.05) is 6.42 Å². The van der Waals surface area contributed by atoms with Gasteiger partial charge < -0.3 is 5.32 Å². The fraction of sp³-hybridized carbons (Fsp3) is 0.176. The van der Waals surface area contributed by atoms with Crippen LogP contribution in [0.25, 0.3) is 10.2 Å². The molecule has 0 spiro atoms. The van der Waals surface area contributed by atoms with Crippen molar-refractivity contribution in [1.82, 2.24) is 4.98 Å². The minimum Gasteiger partial charge on any atom is -0.302 e. The number of hydrogen-bond acceptors (Lipinski definition) is 5. The molecular weight excluding hydrogens is 394 g/mol. The van der Waals surface area contributed by atoms with E-state index in [1.165, 1.54) is 23.5 Å². The first kappa shape index (κ1) is 18.6. The number of anilines is 2. The molecule has 0 radical (unpaired) electrons.